The molecule has 2 rings (SSSR count). The van der Waals surface area contributed by atoms with Crippen LogP contribution < -0.4 is 0 Å². The van der Waals surface area contributed by atoms with Gasteiger partial charge in [-0.3, -0.25) is 0 Å². The Hall–Kier alpha value is -1.20. The highest BCUT2D eigenvalue weighted by atomic mass is 16.7. The summed E-state index contributed by atoms with van der Waals surface area (Å²) in [5.74, 6) is 0.313. The summed E-state index contributed by atoms with van der Waals surface area (Å²) in [6.07, 6.45) is 3.28. The van der Waals surface area contributed by atoms with E-state index in [1.165, 1.54) is 5.56 Å². The van der Waals surface area contributed by atoms with Gasteiger partial charge in [0.15, 0.2) is 5.79 Å². The van der Waals surface area contributed by atoms with Crippen LogP contribution in [0.5, 0.6) is 0 Å². The van der Waals surface area contributed by atoms with Crippen molar-refractivity contribution in [2.45, 2.75) is 85.1 Å². The van der Waals surface area contributed by atoms with Gasteiger partial charge in [-0.25, -0.2) is 0 Å². The van der Waals surface area contributed by atoms with Crippen molar-refractivity contribution in [3.05, 3.63) is 48.6 Å². The van der Waals surface area contributed by atoms with Gasteiger partial charge in [0, 0.05) is 11.8 Å². The van der Waals surface area contributed by atoms with E-state index in [1.807, 2.05) is 45.0 Å². The van der Waals surface area contributed by atoms with Crippen LogP contribution in [0, 0.1) is 23.7 Å². The summed E-state index contributed by atoms with van der Waals surface area (Å²) < 4.78 is 18.7. The molecule has 0 radical (unpaired) electrons. The summed E-state index contributed by atoms with van der Waals surface area (Å²) in [5.41, 5.74) is 1.18. The first-order chi connectivity index (χ1) is 14.1. The monoisotopic (exact) mass is 418 g/mol. The van der Waals surface area contributed by atoms with Crippen molar-refractivity contribution in [1.82, 2.24) is 0 Å². The number of rotatable bonds is 11. The Bertz CT molecular complexity index is 629. The predicted octanol–water partition coefficient (Wildman–Crippen LogP) is 5.59. The number of hydrogen-bond acceptors (Lipinski definition) is 4. The first kappa shape index (κ1) is 25.1. The Labute approximate surface area is 183 Å². The minimum absolute atomic E-state index is 0.0639. The Morgan fingerprint density at radius 1 is 1.07 bits per heavy atom. The maximum absolute atomic E-state index is 10.3. The van der Waals surface area contributed by atoms with E-state index >= 15 is 0 Å². The fourth-order valence-electron chi connectivity index (χ4n) is 4.40. The second kappa shape index (κ2) is 11.4. The molecule has 1 aliphatic rings. The summed E-state index contributed by atoms with van der Waals surface area (Å²) >= 11 is 0. The summed E-state index contributed by atoms with van der Waals surface area (Å²) in [6.45, 7) is 17.7. The molecule has 0 aliphatic carbocycles. The molecule has 1 saturated heterocycles. The fourth-order valence-corrected chi connectivity index (χ4v) is 4.40. The molecule has 0 amide bonds. The van der Waals surface area contributed by atoms with Gasteiger partial charge in [-0.1, -0.05) is 64.1 Å². The highest BCUT2D eigenvalue weighted by molar-refractivity contribution is 5.13. The lowest BCUT2D eigenvalue weighted by atomic mass is 9.80. The molecule has 0 spiro atoms. The topological polar surface area (TPSA) is 47.9 Å². The molecule has 30 heavy (non-hydrogen) atoms. The van der Waals surface area contributed by atoms with E-state index in [0.717, 1.165) is 12.8 Å². The molecule has 1 N–H and O–H groups in total. The first-order valence-electron chi connectivity index (χ1n) is 11.4. The Kier molecular flexibility index (Phi) is 9.55. The minimum Gasteiger partial charge on any atom is -0.393 e. The quantitative estimate of drug-likeness (QED) is 0.476. The van der Waals surface area contributed by atoms with Crippen LogP contribution in [0.3, 0.4) is 0 Å². The van der Waals surface area contributed by atoms with Crippen molar-refractivity contribution in [1.29, 1.82) is 0 Å². The average Bonchev–Trinajstić information content (AvgIpc) is 2.73. The van der Waals surface area contributed by atoms with E-state index < -0.39 is 5.79 Å². The third-order valence-electron chi connectivity index (χ3n) is 6.39. The van der Waals surface area contributed by atoms with Crippen molar-refractivity contribution in [2.75, 3.05) is 6.61 Å². The maximum Gasteiger partial charge on any atom is 0.163 e. The Balaban J connectivity index is 1.94. The predicted molar refractivity (Wildman–Crippen MR) is 122 cm³/mol. The molecule has 0 aromatic heterocycles. The van der Waals surface area contributed by atoms with Crippen molar-refractivity contribution in [3.63, 3.8) is 0 Å². The van der Waals surface area contributed by atoms with Gasteiger partial charge in [0.2, 0.25) is 0 Å². The molecule has 0 unspecified atom stereocenters. The normalized spacial score (nSPS) is 27.8. The summed E-state index contributed by atoms with van der Waals surface area (Å²) in [5, 5.41) is 10.3. The Morgan fingerprint density at radius 3 is 2.27 bits per heavy atom. The third kappa shape index (κ3) is 7.19. The molecule has 4 heteroatoms. The lowest BCUT2D eigenvalue weighted by molar-refractivity contribution is -0.336. The van der Waals surface area contributed by atoms with E-state index in [9.17, 15) is 5.11 Å². The average molecular weight is 419 g/mol. The van der Waals surface area contributed by atoms with Gasteiger partial charge < -0.3 is 19.3 Å². The molecular formula is C26H42O4. The number of aliphatic hydroxyl groups excluding tert-OH is 1. The number of benzene rings is 1. The lowest BCUT2D eigenvalue weighted by Gasteiger charge is -2.49. The second-order valence-corrected chi connectivity index (χ2v) is 9.62. The molecule has 1 aliphatic heterocycles. The van der Waals surface area contributed by atoms with Crippen LogP contribution >= 0.6 is 0 Å². The molecule has 170 valence electrons. The van der Waals surface area contributed by atoms with Gasteiger partial charge in [-0.05, 0) is 44.1 Å². The molecule has 7 atom stereocenters. The molecule has 0 saturated carbocycles. The van der Waals surface area contributed by atoms with Gasteiger partial charge >= 0.3 is 0 Å². The molecule has 4 nitrogen and oxygen atoms in total. The molecule has 1 aromatic carbocycles. The fraction of sp³-hybridized carbons (Fsp3) is 0.692. The van der Waals surface area contributed by atoms with Crippen LogP contribution in [-0.2, 0) is 20.8 Å². The van der Waals surface area contributed by atoms with Crippen LogP contribution in [0.1, 0.15) is 59.9 Å². The smallest absolute Gasteiger partial charge is 0.163 e. The van der Waals surface area contributed by atoms with E-state index in [4.69, 9.17) is 14.2 Å². The van der Waals surface area contributed by atoms with Gasteiger partial charge in [-0.2, -0.15) is 0 Å². The van der Waals surface area contributed by atoms with Gasteiger partial charge in [0.05, 0.1) is 31.5 Å². The van der Waals surface area contributed by atoms with E-state index in [-0.39, 0.29) is 36.1 Å². The first-order valence-corrected chi connectivity index (χ1v) is 11.4. The SMILES string of the molecule is C=C[C@@H](C)[C@@H](O)CC[C@H](C)[C@@H]1OC(C)(C)O[C@@H]([C@@H](C)COCc2ccccc2)[C@H]1C. The number of hydrogen-bond donors (Lipinski definition) is 1. The third-order valence-corrected chi connectivity index (χ3v) is 6.39. The van der Waals surface area contributed by atoms with Gasteiger partial charge in [0.1, 0.15) is 0 Å². The highest BCUT2D eigenvalue weighted by Crippen LogP contribution is 2.39. The summed E-state index contributed by atoms with van der Waals surface area (Å²) in [7, 11) is 0. The molecular weight excluding hydrogens is 376 g/mol. The van der Waals surface area contributed by atoms with Crippen molar-refractivity contribution < 1.29 is 19.3 Å². The van der Waals surface area contributed by atoms with Crippen LogP contribution in [0.15, 0.2) is 43.0 Å². The maximum atomic E-state index is 10.3. The molecule has 1 fully saturated rings. The number of aliphatic hydroxyl groups is 1. The standard InChI is InChI=1S/C26H42O4/c1-8-18(2)23(27)15-14-19(3)24-21(5)25(30-26(6,7)29-24)20(4)16-28-17-22-12-10-9-11-13-22/h8-13,18-21,23-25,27H,1,14-17H2,2-7H3/t18-,19+,20+,21+,23+,24+,25+/m1/s1. The van der Waals surface area contributed by atoms with E-state index in [1.54, 1.807) is 0 Å². The molecule has 1 heterocycles. The van der Waals surface area contributed by atoms with E-state index in [2.05, 4.69) is 39.5 Å². The summed E-state index contributed by atoms with van der Waals surface area (Å²) in [4.78, 5) is 0. The molecule has 0 bridgehead atoms. The van der Waals surface area contributed by atoms with Crippen LogP contribution in [0.2, 0.25) is 0 Å². The van der Waals surface area contributed by atoms with Crippen LogP contribution in [0.25, 0.3) is 0 Å². The minimum atomic E-state index is -0.628. The van der Waals surface area contributed by atoms with Crippen molar-refractivity contribution >= 4 is 0 Å². The largest absolute Gasteiger partial charge is 0.393 e. The number of ether oxygens (including phenoxy) is 3. The van der Waals surface area contributed by atoms with Crippen molar-refractivity contribution in [3.8, 4) is 0 Å². The van der Waals surface area contributed by atoms with Gasteiger partial charge in [0.25, 0.3) is 0 Å². The summed E-state index contributed by atoms with van der Waals surface area (Å²) in [6, 6.07) is 10.3. The highest BCUT2D eigenvalue weighted by Gasteiger charge is 2.44. The second-order valence-electron chi connectivity index (χ2n) is 9.62. The molecule has 1 aromatic rings. The van der Waals surface area contributed by atoms with Crippen LogP contribution in [-0.4, -0.2) is 35.8 Å². The van der Waals surface area contributed by atoms with Crippen LogP contribution in [0.4, 0.5) is 0 Å². The zero-order valence-corrected chi connectivity index (χ0v) is 19.7. The zero-order chi connectivity index (χ0) is 22.3. The van der Waals surface area contributed by atoms with Gasteiger partial charge in [-0.15, -0.1) is 6.58 Å². The lowest BCUT2D eigenvalue weighted by Crippen LogP contribution is -2.54. The van der Waals surface area contributed by atoms with E-state index in [0.29, 0.717) is 19.1 Å². The Morgan fingerprint density at radius 2 is 1.67 bits per heavy atom. The zero-order valence-electron chi connectivity index (χ0n) is 19.7. The van der Waals surface area contributed by atoms with Crippen molar-refractivity contribution in [2.24, 2.45) is 23.7 Å².